The van der Waals surface area contributed by atoms with Gasteiger partial charge in [-0.1, -0.05) is 18.6 Å². The van der Waals surface area contributed by atoms with Crippen molar-refractivity contribution in [1.82, 2.24) is 15.0 Å². The van der Waals surface area contributed by atoms with Gasteiger partial charge in [-0.3, -0.25) is 0 Å². The molecule has 7 nitrogen and oxygen atoms in total. The second-order valence-corrected chi connectivity index (χ2v) is 4.10. The number of carbonyl (C=O) groups excluding carboxylic acids is 1. The van der Waals surface area contributed by atoms with Crippen LogP contribution in [0.25, 0.3) is 0 Å². The van der Waals surface area contributed by atoms with Crippen LogP contribution in [0.2, 0.25) is 0 Å². The molecular weight excluding hydrogens is 248 g/mol. The first-order valence-electron chi connectivity index (χ1n) is 6.53. The Morgan fingerprint density at radius 2 is 2.21 bits per heavy atom. The molecule has 1 heterocycles. The predicted octanol–water partition coefficient (Wildman–Crippen LogP) is 0.383. The fraction of sp³-hybridized carbons (Fsp3) is 0.750. The first-order valence-corrected chi connectivity index (χ1v) is 6.53. The van der Waals surface area contributed by atoms with Crippen molar-refractivity contribution in [3.05, 3.63) is 11.4 Å². The zero-order valence-corrected chi connectivity index (χ0v) is 11.6. The number of hydrogen-bond donors (Lipinski definition) is 1. The van der Waals surface area contributed by atoms with E-state index in [0.29, 0.717) is 31.8 Å². The molecule has 0 aromatic carbocycles. The molecule has 19 heavy (non-hydrogen) atoms. The molecule has 0 fully saturated rings. The van der Waals surface area contributed by atoms with Crippen LogP contribution in [0.15, 0.2) is 0 Å². The normalized spacial score (nSPS) is 10.7. The van der Waals surface area contributed by atoms with Crippen molar-refractivity contribution in [2.75, 3.05) is 26.9 Å². The minimum Gasteiger partial charge on any atom is -0.464 e. The van der Waals surface area contributed by atoms with E-state index in [4.69, 9.17) is 10.5 Å². The van der Waals surface area contributed by atoms with Gasteiger partial charge in [0, 0.05) is 13.0 Å². The Hall–Kier alpha value is -1.47. The maximum atomic E-state index is 11.5. The summed E-state index contributed by atoms with van der Waals surface area (Å²) in [6, 6.07) is 0. The molecular formula is C12H22N4O3. The van der Waals surface area contributed by atoms with Crippen molar-refractivity contribution < 1.29 is 14.3 Å². The second kappa shape index (κ2) is 8.60. The van der Waals surface area contributed by atoms with Gasteiger partial charge < -0.3 is 15.2 Å². The van der Waals surface area contributed by atoms with Gasteiger partial charge in [-0.05, 0) is 13.0 Å². The summed E-state index contributed by atoms with van der Waals surface area (Å²) in [6.07, 6.45) is 2.68. The van der Waals surface area contributed by atoms with Gasteiger partial charge in [0.05, 0.1) is 26.0 Å². The molecule has 1 aromatic heterocycles. The average Bonchev–Trinajstić information content (AvgIpc) is 2.81. The Labute approximate surface area is 113 Å². The van der Waals surface area contributed by atoms with Crippen LogP contribution in [0.5, 0.6) is 0 Å². The molecule has 7 heteroatoms. The van der Waals surface area contributed by atoms with E-state index in [1.165, 1.54) is 7.11 Å². The van der Waals surface area contributed by atoms with Gasteiger partial charge in [-0.15, -0.1) is 5.10 Å². The number of carbonyl (C=O) groups is 1. The Morgan fingerprint density at radius 3 is 2.84 bits per heavy atom. The maximum Gasteiger partial charge on any atom is 0.360 e. The van der Waals surface area contributed by atoms with Crippen molar-refractivity contribution in [1.29, 1.82) is 0 Å². The summed E-state index contributed by atoms with van der Waals surface area (Å²) < 4.78 is 11.8. The minimum atomic E-state index is -0.485. The lowest BCUT2D eigenvalue weighted by Gasteiger charge is -2.07. The summed E-state index contributed by atoms with van der Waals surface area (Å²) in [7, 11) is 1.32. The number of ether oxygens (including phenoxy) is 2. The highest BCUT2D eigenvalue weighted by Crippen LogP contribution is 2.07. The van der Waals surface area contributed by atoms with E-state index < -0.39 is 5.97 Å². The number of rotatable bonds is 9. The lowest BCUT2D eigenvalue weighted by Crippen LogP contribution is -2.16. The Morgan fingerprint density at radius 1 is 1.42 bits per heavy atom. The third kappa shape index (κ3) is 4.60. The SMILES string of the molecule is CCCCOCCn1nnc(C(=O)OC)c1CCN. The fourth-order valence-electron chi connectivity index (χ4n) is 1.65. The van der Waals surface area contributed by atoms with Crippen molar-refractivity contribution in [3.8, 4) is 0 Å². The largest absolute Gasteiger partial charge is 0.464 e. The van der Waals surface area contributed by atoms with Crippen LogP contribution >= 0.6 is 0 Å². The molecule has 0 aliphatic carbocycles. The quantitative estimate of drug-likeness (QED) is 0.515. The molecule has 1 rings (SSSR count). The predicted molar refractivity (Wildman–Crippen MR) is 69.8 cm³/mol. The van der Waals surface area contributed by atoms with Gasteiger partial charge in [0.2, 0.25) is 0 Å². The molecule has 108 valence electrons. The van der Waals surface area contributed by atoms with Crippen molar-refractivity contribution in [2.45, 2.75) is 32.7 Å². The Kier molecular flexibility index (Phi) is 7.06. The summed E-state index contributed by atoms with van der Waals surface area (Å²) in [6.45, 7) is 4.38. The molecule has 2 N–H and O–H groups in total. The third-order valence-corrected chi connectivity index (χ3v) is 2.69. The van der Waals surface area contributed by atoms with Crippen LogP contribution in [0.4, 0.5) is 0 Å². The molecule has 0 radical (unpaired) electrons. The van der Waals surface area contributed by atoms with Crippen molar-refractivity contribution in [3.63, 3.8) is 0 Å². The second-order valence-electron chi connectivity index (χ2n) is 4.10. The van der Waals surface area contributed by atoms with Crippen molar-refractivity contribution >= 4 is 5.97 Å². The number of esters is 1. The summed E-state index contributed by atoms with van der Waals surface area (Å²) in [5, 5.41) is 7.80. The maximum absolute atomic E-state index is 11.5. The summed E-state index contributed by atoms with van der Waals surface area (Å²) >= 11 is 0. The monoisotopic (exact) mass is 270 g/mol. The third-order valence-electron chi connectivity index (χ3n) is 2.69. The molecule has 1 aromatic rings. The molecule has 0 saturated carbocycles. The summed E-state index contributed by atoms with van der Waals surface area (Å²) in [5.74, 6) is -0.485. The highest BCUT2D eigenvalue weighted by atomic mass is 16.5. The van der Waals surface area contributed by atoms with Gasteiger partial charge >= 0.3 is 5.97 Å². The molecule has 0 bridgehead atoms. The van der Waals surface area contributed by atoms with Crippen LogP contribution in [0.1, 0.15) is 35.9 Å². The van der Waals surface area contributed by atoms with E-state index in [-0.39, 0.29) is 5.69 Å². The molecule has 0 aliphatic heterocycles. The van der Waals surface area contributed by atoms with Crippen LogP contribution in [-0.2, 0) is 22.4 Å². The number of nitrogens with zero attached hydrogens (tertiary/aromatic N) is 3. The molecule has 0 spiro atoms. The van der Waals surface area contributed by atoms with Crippen LogP contribution in [0.3, 0.4) is 0 Å². The van der Waals surface area contributed by atoms with Crippen LogP contribution < -0.4 is 5.73 Å². The molecule has 0 unspecified atom stereocenters. The zero-order valence-electron chi connectivity index (χ0n) is 11.6. The number of methoxy groups -OCH3 is 1. The Bertz CT molecular complexity index is 392. The first-order chi connectivity index (χ1) is 9.24. The summed E-state index contributed by atoms with van der Waals surface area (Å²) in [4.78, 5) is 11.5. The van der Waals surface area contributed by atoms with Crippen LogP contribution in [0, 0.1) is 0 Å². The zero-order chi connectivity index (χ0) is 14.1. The highest BCUT2D eigenvalue weighted by Gasteiger charge is 2.19. The van der Waals surface area contributed by atoms with Gasteiger partial charge in [-0.25, -0.2) is 9.48 Å². The smallest absolute Gasteiger partial charge is 0.360 e. The average molecular weight is 270 g/mol. The van der Waals surface area contributed by atoms with E-state index in [1.807, 2.05) is 0 Å². The van der Waals surface area contributed by atoms with E-state index in [0.717, 1.165) is 19.4 Å². The van der Waals surface area contributed by atoms with Gasteiger partial charge in [0.25, 0.3) is 0 Å². The number of aromatic nitrogens is 3. The lowest BCUT2D eigenvalue weighted by atomic mass is 10.2. The molecule has 0 amide bonds. The Balaban J connectivity index is 2.61. The molecule has 0 atom stereocenters. The van der Waals surface area contributed by atoms with Gasteiger partial charge in [0.1, 0.15) is 0 Å². The van der Waals surface area contributed by atoms with E-state index in [1.54, 1.807) is 4.68 Å². The van der Waals surface area contributed by atoms with Crippen molar-refractivity contribution in [2.24, 2.45) is 5.73 Å². The van der Waals surface area contributed by atoms with Gasteiger partial charge in [0.15, 0.2) is 5.69 Å². The van der Waals surface area contributed by atoms with Crippen LogP contribution in [-0.4, -0.2) is 47.8 Å². The number of nitrogens with two attached hydrogens (primary N) is 1. The summed E-state index contributed by atoms with van der Waals surface area (Å²) in [5.41, 5.74) is 6.48. The fourth-order valence-corrected chi connectivity index (χ4v) is 1.65. The lowest BCUT2D eigenvalue weighted by molar-refractivity contribution is 0.0592. The van der Waals surface area contributed by atoms with E-state index in [2.05, 4.69) is 22.0 Å². The number of unbranched alkanes of at least 4 members (excludes halogenated alkanes) is 1. The number of hydrogen-bond acceptors (Lipinski definition) is 6. The van der Waals surface area contributed by atoms with E-state index >= 15 is 0 Å². The molecule has 0 aliphatic rings. The van der Waals surface area contributed by atoms with Gasteiger partial charge in [-0.2, -0.15) is 0 Å². The standard InChI is InChI=1S/C12H22N4O3/c1-3-4-8-19-9-7-16-10(5-6-13)11(14-15-16)12(17)18-2/h3-9,13H2,1-2H3. The minimum absolute atomic E-state index is 0.238. The highest BCUT2D eigenvalue weighted by molar-refractivity contribution is 5.88. The topological polar surface area (TPSA) is 92.3 Å². The first kappa shape index (κ1) is 15.6. The van der Waals surface area contributed by atoms with E-state index in [9.17, 15) is 4.79 Å². The molecule has 0 saturated heterocycles.